The van der Waals surface area contributed by atoms with E-state index in [0.717, 1.165) is 33.6 Å². The van der Waals surface area contributed by atoms with Crippen LogP contribution in [0.15, 0.2) is 60.9 Å². The molecule has 0 amide bonds. The maximum Gasteiger partial charge on any atom is 0.490 e. The van der Waals surface area contributed by atoms with E-state index in [1.54, 1.807) is 12.3 Å². The van der Waals surface area contributed by atoms with Crippen molar-refractivity contribution in [3.63, 3.8) is 0 Å². The first-order chi connectivity index (χ1) is 15.1. The number of H-pyrrole nitrogens is 1. The number of hydrogen-bond acceptors (Lipinski definition) is 6. The van der Waals surface area contributed by atoms with Crippen LogP contribution in [0.1, 0.15) is 5.56 Å². The normalized spacial score (nSPS) is 10.9. The van der Waals surface area contributed by atoms with Crippen LogP contribution in [0.2, 0.25) is 0 Å². The van der Waals surface area contributed by atoms with Gasteiger partial charge in [0.15, 0.2) is 0 Å². The summed E-state index contributed by atoms with van der Waals surface area (Å²) in [5, 5.41) is 11.3. The molecular weight excluding hydrogens is 427 g/mol. The van der Waals surface area contributed by atoms with Crippen molar-refractivity contribution < 1.29 is 27.8 Å². The zero-order valence-electron chi connectivity index (χ0n) is 16.6. The van der Waals surface area contributed by atoms with E-state index in [1.807, 2.05) is 55.6 Å². The number of aryl methyl sites for hydroxylation is 1. The highest BCUT2D eigenvalue weighted by Gasteiger charge is 2.38. The standard InChI is InChI=1S/C19H17N5O.C2HF3O2/c1-12-2-3-14(11-16(12)20)23-19-22-9-7-18(24-19)25-15-4-5-17-13(10-15)6-8-21-17;3-2(4,5)1(6)7/h2-11,21H,20H2,1H3,(H,22,23,24);(H,6,7). The lowest BCUT2D eigenvalue weighted by Gasteiger charge is -2.09. The molecule has 4 rings (SSSR count). The molecule has 0 unspecified atom stereocenters. The Hall–Kier alpha value is -4.28. The van der Waals surface area contributed by atoms with Gasteiger partial charge in [-0.15, -0.1) is 0 Å². The summed E-state index contributed by atoms with van der Waals surface area (Å²) in [7, 11) is 0. The molecule has 2 aromatic carbocycles. The van der Waals surface area contributed by atoms with Crippen molar-refractivity contribution in [3.8, 4) is 11.6 Å². The summed E-state index contributed by atoms with van der Waals surface area (Å²) in [5.74, 6) is -1.13. The quantitative estimate of drug-likeness (QED) is 0.325. The van der Waals surface area contributed by atoms with E-state index in [1.165, 1.54) is 0 Å². The van der Waals surface area contributed by atoms with Gasteiger partial charge in [-0.1, -0.05) is 6.07 Å². The second-order valence-corrected chi connectivity index (χ2v) is 6.55. The Morgan fingerprint density at radius 2 is 1.91 bits per heavy atom. The Morgan fingerprint density at radius 1 is 1.16 bits per heavy atom. The molecule has 0 saturated heterocycles. The molecule has 0 saturated carbocycles. The maximum absolute atomic E-state index is 10.6. The van der Waals surface area contributed by atoms with E-state index in [9.17, 15) is 13.2 Å². The van der Waals surface area contributed by atoms with Gasteiger partial charge in [0.1, 0.15) is 5.75 Å². The number of nitrogens with zero attached hydrogens (tertiary/aromatic N) is 2. The van der Waals surface area contributed by atoms with Gasteiger partial charge < -0.3 is 25.9 Å². The summed E-state index contributed by atoms with van der Waals surface area (Å²) >= 11 is 0. The summed E-state index contributed by atoms with van der Waals surface area (Å²) in [6.45, 7) is 1.96. The number of nitrogen functional groups attached to an aromatic ring is 1. The molecular formula is C21H18F3N5O3. The number of ether oxygens (including phenoxy) is 1. The SMILES string of the molecule is Cc1ccc(Nc2nccc(Oc3ccc4[nH]ccc4c3)n2)cc1N.O=C(O)C(F)(F)F. The zero-order valence-corrected chi connectivity index (χ0v) is 16.6. The minimum absolute atomic E-state index is 0.448. The number of aliphatic carboxylic acids is 1. The van der Waals surface area contributed by atoms with Gasteiger partial charge in [0.2, 0.25) is 11.8 Å². The number of fused-ring (bicyclic) bond motifs is 1. The number of nitrogens with one attached hydrogen (secondary N) is 2. The number of halogens is 3. The van der Waals surface area contributed by atoms with Crippen molar-refractivity contribution >= 4 is 34.2 Å². The fourth-order valence-corrected chi connectivity index (χ4v) is 2.52. The third-order valence-corrected chi connectivity index (χ3v) is 4.16. The van der Waals surface area contributed by atoms with Crippen molar-refractivity contribution in [3.05, 3.63) is 66.5 Å². The predicted octanol–water partition coefficient (Wildman–Crippen LogP) is 5.02. The highest BCUT2D eigenvalue weighted by atomic mass is 19.4. The Bertz CT molecular complexity index is 1240. The van der Waals surface area contributed by atoms with Crippen molar-refractivity contribution in [2.75, 3.05) is 11.1 Å². The lowest BCUT2D eigenvalue weighted by atomic mass is 10.2. The zero-order chi connectivity index (χ0) is 23.3. The number of aromatic nitrogens is 3. The monoisotopic (exact) mass is 445 g/mol. The second kappa shape index (κ2) is 9.25. The molecule has 8 nitrogen and oxygen atoms in total. The van der Waals surface area contributed by atoms with E-state index >= 15 is 0 Å². The smallest absolute Gasteiger partial charge is 0.475 e. The highest BCUT2D eigenvalue weighted by molar-refractivity contribution is 5.80. The summed E-state index contributed by atoms with van der Waals surface area (Å²) < 4.78 is 37.6. The van der Waals surface area contributed by atoms with Crippen LogP contribution in [0.25, 0.3) is 10.9 Å². The summed E-state index contributed by atoms with van der Waals surface area (Å²) in [5.41, 5.74) is 9.58. The molecule has 32 heavy (non-hydrogen) atoms. The summed E-state index contributed by atoms with van der Waals surface area (Å²) in [6.07, 6.45) is -1.54. The highest BCUT2D eigenvalue weighted by Crippen LogP contribution is 2.25. The molecule has 2 aromatic heterocycles. The van der Waals surface area contributed by atoms with Crippen molar-refractivity contribution in [1.82, 2.24) is 15.0 Å². The van der Waals surface area contributed by atoms with Crippen LogP contribution in [0.3, 0.4) is 0 Å². The van der Waals surface area contributed by atoms with Gasteiger partial charge in [-0.25, -0.2) is 9.78 Å². The number of carboxylic acid groups (broad SMARTS) is 1. The first-order valence-electron chi connectivity index (χ1n) is 9.13. The first kappa shape index (κ1) is 22.4. The molecule has 2 heterocycles. The minimum Gasteiger partial charge on any atom is -0.475 e. The number of nitrogens with two attached hydrogens (primary N) is 1. The molecule has 0 radical (unpaired) electrons. The number of carboxylic acids is 1. The number of anilines is 3. The molecule has 11 heteroatoms. The average Bonchev–Trinajstić information content (AvgIpc) is 3.19. The van der Waals surface area contributed by atoms with E-state index in [0.29, 0.717) is 11.8 Å². The van der Waals surface area contributed by atoms with Gasteiger partial charge in [0.05, 0.1) is 0 Å². The Labute approximate surface area is 179 Å². The maximum atomic E-state index is 10.6. The lowest BCUT2D eigenvalue weighted by molar-refractivity contribution is -0.192. The predicted molar refractivity (Wildman–Crippen MR) is 113 cm³/mol. The molecule has 0 bridgehead atoms. The number of carbonyl (C=O) groups is 1. The topological polar surface area (TPSA) is 126 Å². The molecule has 0 atom stereocenters. The third kappa shape index (κ3) is 5.88. The molecule has 0 fully saturated rings. The third-order valence-electron chi connectivity index (χ3n) is 4.16. The van der Waals surface area contributed by atoms with Crippen LogP contribution in [0, 0.1) is 6.92 Å². The van der Waals surface area contributed by atoms with E-state index in [2.05, 4.69) is 20.3 Å². The first-order valence-corrected chi connectivity index (χ1v) is 9.13. The van der Waals surface area contributed by atoms with Crippen molar-refractivity contribution in [2.24, 2.45) is 0 Å². The van der Waals surface area contributed by atoms with Gasteiger partial charge in [-0.3, -0.25) is 0 Å². The Kier molecular flexibility index (Phi) is 6.47. The van der Waals surface area contributed by atoms with Crippen LogP contribution in [-0.4, -0.2) is 32.2 Å². The van der Waals surface area contributed by atoms with Crippen LogP contribution in [-0.2, 0) is 4.79 Å². The number of alkyl halides is 3. The van der Waals surface area contributed by atoms with Gasteiger partial charge in [0.25, 0.3) is 0 Å². The fraction of sp³-hybridized carbons (Fsp3) is 0.0952. The molecule has 0 aliphatic carbocycles. The Morgan fingerprint density at radius 3 is 2.59 bits per heavy atom. The van der Waals surface area contributed by atoms with E-state index in [-0.39, 0.29) is 0 Å². The average molecular weight is 445 g/mol. The number of aromatic amines is 1. The van der Waals surface area contributed by atoms with Crippen LogP contribution in [0.4, 0.5) is 30.5 Å². The second-order valence-electron chi connectivity index (χ2n) is 6.55. The van der Waals surface area contributed by atoms with Crippen molar-refractivity contribution in [1.29, 1.82) is 0 Å². The van der Waals surface area contributed by atoms with Gasteiger partial charge >= 0.3 is 12.1 Å². The molecule has 0 aliphatic heterocycles. The van der Waals surface area contributed by atoms with Crippen LogP contribution in [0.5, 0.6) is 11.6 Å². The van der Waals surface area contributed by atoms with Gasteiger partial charge in [-0.05, 0) is 48.9 Å². The summed E-state index contributed by atoms with van der Waals surface area (Å²) in [6, 6.07) is 15.3. The molecule has 0 spiro atoms. The lowest BCUT2D eigenvalue weighted by Crippen LogP contribution is -2.21. The number of rotatable bonds is 4. The minimum atomic E-state index is -5.08. The molecule has 0 aliphatic rings. The largest absolute Gasteiger partial charge is 0.490 e. The van der Waals surface area contributed by atoms with E-state index < -0.39 is 12.1 Å². The number of hydrogen-bond donors (Lipinski definition) is 4. The fourth-order valence-electron chi connectivity index (χ4n) is 2.52. The number of benzene rings is 2. The molecule has 4 aromatic rings. The van der Waals surface area contributed by atoms with Crippen molar-refractivity contribution in [2.45, 2.75) is 13.1 Å². The molecule has 5 N–H and O–H groups in total. The van der Waals surface area contributed by atoms with Gasteiger partial charge in [0, 0.05) is 40.7 Å². The Balaban J connectivity index is 0.000000360. The molecule has 166 valence electrons. The summed E-state index contributed by atoms with van der Waals surface area (Å²) in [4.78, 5) is 20.7. The van der Waals surface area contributed by atoms with Crippen LogP contribution < -0.4 is 15.8 Å². The van der Waals surface area contributed by atoms with Gasteiger partial charge in [-0.2, -0.15) is 18.2 Å². The van der Waals surface area contributed by atoms with Crippen LogP contribution >= 0.6 is 0 Å². The van der Waals surface area contributed by atoms with E-state index in [4.69, 9.17) is 20.4 Å².